The maximum atomic E-state index is 12.7. The molecule has 7 heteroatoms. The molecule has 2 aromatic rings. The maximum Gasteiger partial charge on any atom is 0.240 e. The van der Waals surface area contributed by atoms with Gasteiger partial charge in [-0.05, 0) is 24.3 Å². The Morgan fingerprint density at radius 2 is 2.00 bits per heavy atom. The van der Waals surface area contributed by atoms with Crippen molar-refractivity contribution in [1.29, 1.82) is 0 Å². The molecule has 0 saturated carbocycles. The number of nitrogens with zero attached hydrogens (tertiary/aromatic N) is 1. The van der Waals surface area contributed by atoms with Crippen LogP contribution < -0.4 is 4.72 Å². The van der Waals surface area contributed by atoms with Gasteiger partial charge in [-0.1, -0.05) is 0 Å². The van der Waals surface area contributed by atoms with E-state index in [9.17, 15) is 12.8 Å². The number of nitrogens with one attached hydrogen (secondary N) is 2. The molecule has 0 aliphatic heterocycles. The van der Waals surface area contributed by atoms with E-state index in [0.717, 1.165) is 12.1 Å². The minimum absolute atomic E-state index is 0.0448. The molecule has 0 bridgehead atoms. The molecule has 0 saturated heterocycles. The first-order valence-corrected chi connectivity index (χ1v) is 6.80. The first kappa shape index (κ1) is 12.7. The first-order chi connectivity index (χ1) is 8.58. The predicted octanol–water partition coefficient (Wildman–Crippen LogP) is 1.07. The van der Waals surface area contributed by atoms with Crippen LogP contribution >= 0.6 is 0 Å². The van der Waals surface area contributed by atoms with Crippen molar-refractivity contribution in [2.45, 2.75) is 11.3 Å². The molecular weight excluding hydrogens is 257 g/mol. The van der Waals surface area contributed by atoms with Crippen molar-refractivity contribution >= 4 is 10.0 Å². The Hall–Kier alpha value is -1.73. The van der Waals surface area contributed by atoms with E-state index in [0.29, 0.717) is 12.2 Å². The lowest BCUT2D eigenvalue weighted by atomic mass is 10.4. The van der Waals surface area contributed by atoms with E-state index in [4.69, 9.17) is 0 Å². The molecule has 0 aliphatic carbocycles. The molecule has 0 spiro atoms. The highest BCUT2D eigenvalue weighted by atomic mass is 32.2. The lowest BCUT2D eigenvalue weighted by Gasteiger charge is -2.05. The first-order valence-electron chi connectivity index (χ1n) is 5.31. The number of hydrogen-bond donors (Lipinski definition) is 2. The fraction of sp³-hybridized carbons (Fsp3) is 0.182. The summed E-state index contributed by atoms with van der Waals surface area (Å²) < 4.78 is 38.7. The van der Waals surface area contributed by atoms with Gasteiger partial charge in [0, 0.05) is 25.4 Å². The van der Waals surface area contributed by atoms with Crippen LogP contribution in [0.1, 0.15) is 5.82 Å². The third-order valence-electron chi connectivity index (χ3n) is 2.33. The summed E-state index contributed by atoms with van der Waals surface area (Å²) in [6, 6.07) is 4.68. The molecule has 5 nitrogen and oxygen atoms in total. The molecule has 1 aromatic carbocycles. The summed E-state index contributed by atoms with van der Waals surface area (Å²) in [6.45, 7) is 0.229. The normalized spacial score (nSPS) is 11.6. The minimum atomic E-state index is -3.59. The Morgan fingerprint density at radius 3 is 2.61 bits per heavy atom. The zero-order chi connectivity index (χ0) is 13.0. The number of benzene rings is 1. The van der Waals surface area contributed by atoms with Gasteiger partial charge in [-0.3, -0.25) is 0 Å². The molecule has 0 amide bonds. The van der Waals surface area contributed by atoms with Crippen LogP contribution in [0.25, 0.3) is 0 Å². The average Bonchev–Trinajstić information content (AvgIpc) is 2.82. The molecule has 2 N–H and O–H groups in total. The number of sulfonamides is 1. The van der Waals surface area contributed by atoms with E-state index in [1.807, 2.05) is 0 Å². The van der Waals surface area contributed by atoms with Gasteiger partial charge in [-0.25, -0.2) is 22.5 Å². The van der Waals surface area contributed by atoms with Crippen LogP contribution in [0.15, 0.2) is 41.6 Å². The van der Waals surface area contributed by atoms with E-state index in [1.165, 1.54) is 12.1 Å². The molecular formula is C11H12FN3O2S. The standard InChI is InChI=1S/C11H12FN3O2S/c12-9-1-3-10(4-2-9)18(16,17)15-6-5-11-13-7-8-14-11/h1-4,7-8,15H,5-6H2,(H,13,14). The molecule has 1 aromatic heterocycles. The van der Waals surface area contributed by atoms with Crippen LogP contribution in [0.4, 0.5) is 4.39 Å². The van der Waals surface area contributed by atoms with Crippen LogP contribution in [0.3, 0.4) is 0 Å². The monoisotopic (exact) mass is 269 g/mol. The third-order valence-corrected chi connectivity index (χ3v) is 3.81. The topological polar surface area (TPSA) is 74.8 Å². The van der Waals surface area contributed by atoms with Crippen molar-refractivity contribution in [1.82, 2.24) is 14.7 Å². The van der Waals surface area contributed by atoms with Gasteiger partial charge in [0.2, 0.25) is 10.0 Å². The number of aromatic nitrogens is 2. The number of imidazole rings is 1. The van der Waals surface area contributed by atoms with Gasteiger partial charge < -0.3 is 4.98 Å². The smallest absolute Gasteiger partial charge is 0.240 e. The number of aromatic amines is 1. The van der Waals surface area contributed by atoms with Crippen LogP contribution in [0, 0.1) is 5.82 Å². The van der Waals surface area contributed by atoms with Gasteiger partial charge >= 0.3 is 0 Å². The van der Waals surface area contributed by atoms with Crippen molar-refractivity contribution in [3.05, 3.63) is 48.3 Å². The van der Waals surface area contributed by atoms with Crippen LogP contribution in [0.5, 0.6) is 0 Å². The summed E-state index contributed by atoms with van der Waals surface area (Å²) >= 11 is 0. The lowest BCUT2D eigenvalue weighted by Crippen LogP contribution is -2.26. The van der Waals surface area contributed by atoms with E-state index >= 15 is 0 Å². The van der Waals surface area contributed by atoms with Gasteiger partial charge in [0.25, 0.3) is 0 Å². The molecule has 2 rings (SSSR count). The Labute approximate surface area is 104 Å². The quantitative estimate of drug-likeness (QED) is 0.852. The van der Waals surface area contributed by atoms with E-state index in [2.05, 4.69) is 14.7 Å². The second-order valence-electron chi connectivity index (χ2n) is 3.64. The Bertz CT molecular complexity index is 594. The second kappa shape index (κ2) is 5.28. The second-order valence-corrected chi connectivity index (χ2v) is 5.40. The molecule has 0 atom stereocenters. The number of rotatable bonds is 5. The summed E-state index contributed by atoms with van der Waals surface area (Å²) in [4.78, 5) is 6.90. The maximum absolute atomic E-state index is 12.7. The van der Waals surface area contributed by atoms with Gasteiger partial charge in [-0.15, -0.1) is 0 Å². The number of hydrogen-bond acceptors (Lipinski definition) is 3. The van der Waals surface area contributed by atoms with Gasteiger partial charge in [0.15, 0.2) is 0 Å². The van der Waals surface area contributed by atoms with Crippen molar-refractivity contribution in [2.75, 3.05) is 6.54 Å². The van der Waals surface area contributed by atoms with Gasteiger partial charge in [0.05, 0.1) is 4.90 Å². The molecule has 0 radical (unpaired) electrons. The summed E-state index contributed by atoms with van der Waals surface area (Å²) in [6.07, 6.45) is 3.74. The molecule has 1 heterocycles. The highest BCUT2D eigenvalue weighted by Gasteiger charge is 2.13. The van der Waals surface area contributed by atoms with Gasteiger partial charge in [0.1, 0.15) is 11.6 Å². The molecule has 96 valence electrons. The average molecular weight is 269 g/mol. The largest absolute Gasteiger partial charge is 0.349 e. The Morgan fingerprint density at radius 1 is 1.28 bits per heavy atom. The van der Waals surface area contributed by atoms with E-state index in [1.54, 1.807) is 12.4 Å². The van der Waals surface area contributed by atoms with Crippen LogP contribution in [-0.4, -0.2) is 24.9 Å². The van der Waals surface area contributed by atoms with E-state index < -0.39 is 15.8 Å². The SMILES string of the molecule is O=S(=O)(NCCc1ncc[nH]1)c1ccc(F)cc1. The Kier molecular flexibility index (Phi) is 3.73. The highest BCUT2D eigenvalue weighted by Crippen LogP contribution is 2.09. The van der Waals surface area contributed by atoms with Crippen molar-refractivity contribution in [3.63, 3.8) is 0 Å². The van der Waals surface area contributed by atoms with Gasteiger partial charge in [-0.2, -0.15) is 0 Å². The summed E-state index contributed by atoms with van der Waals surface area (Å²) in [5.74, 6) is 0.237. The molecule has 0 unspecified atom stereocenters. The fourth-order valence-electron chi connectivity index (χ4n) is 1.44. The predicted molar refractivity (Wildman–Crippen MR) is 63.9 cm³/mol. The van der Waals surface area contributed by atoms with Crippen LogP contribution in [-0.2, 0) is 16.4 Å². The molecule has 18 heavy (non-hydrogen) atoms. The number of H-pyrrole nitrogens is 1. The molecule has 0 aliphatic rings. The fourth-order valence-corrected chi connectivity index (χ4v) is 2.47. The van der Waals surface area contributed by atoms with Crippen LogP contribution in [0.2, 0.25) is 0 Å². The zero-order valence-corrected chi connectivity index (χ0v) is 10.2. The minimum Gasteiger partial charge on any atom is -0.349 e. The summed E-state index contributed by atoms with van der Waals surface area (Å²) in [5.41, 5.74) is 0. The van der Waals surface area contributed by atoms with E-state index in [-0.39, 0.29) is 11.4 Å². The summed E-state index contributed by atoms with van der Waals surface area (Å²) in [7, 11) is -3.59. The number of halogens is 1. The van der Waals surface area contributed by atoms with Crippen molar-refractivity contribution in [3.8, 4) is 0 Å². The third kappa shape index (κ3) is 3.14. The van der Waals surface area contributed by atoms with Crippen molar-refractivity contribution in [2.24, 2.45) is 0 Å². The summed E-state index contributed by atoms with van der Waals surface area (Å²) in [5, 5.41) is 0. The Balaban J connectivity index is 1.97. The zero-order valence-electron chi connectivity index (χ0n) is 9.43. The lowest BCUT2D eigenvalue weighted by molar-refractivity contribution is 0.580. The molecule has 0 fully saturated rings. The highest BCUT2D eigenvalue weighted by molar-refractivity contribution is 7.89. The van der Waals surface area contributed by atoms with Crippen molar-refractivity contribution < 1.29 is 12.8 Å².